The van der Waals surface area contributed by atoms with Crippen LogP contribution in [0, 0.1) is 0 Å². The third kappa shape index (κ3) is 1.04. The molecular formula is C7H5NOS2. The minimum atomic E-state index is 0.700. The first kappa shape index (κ1) is 6.82. The summed E-state index contributed by atoms with van der Waals surface area (Å²) in [4.78, 5) is 0. The molecule has 0 unspecified atom stereocenters. The largest absolute Gasteiger partial charge is 0.410 e. The van der Waals surface area contributed by atoms with Crippen molar-refractivity contribution in [3.8, 4) is 0 Å². The van der Waals surface area contributed by atoms with E-state index in [1.165, 1.54) is 15.0 Å². The molecule has 0 amide bonds. The number of rotatable bonds is 0. The second-order valence-electron chi connectivity index (χ2n) is 2.07. The molecule has 0 aliphatic heterocycles. The highest BCUT2D eigenvalue weighted by Gasteiger charge is 1.96. The van der Waals surface area contributed by atoms with Crippen LogP contribution in [0.4, 0.5) is 0 Å². The molecule has 2 nitrogen and oxygen atoms in total. The maximum atomic E-state index is 8.57. The van der Waals surface area contributed by atoms with Crippen molar-refractivity contribution in [3.63, 3.8) is 0 Å². The molecule has 56 valence electrons. The first-order valence-electron chi connectivity index (χ1n) is 3.08. The third-order valence-electron chi connectivity index (χ3n) is 1.42. The van der Waals surface area contributed by atoms with Crippen LogP contribution in [0.1, 0.15) is 0 Å². The maximum absolute atomic E-state index is 8.57. The van der Waals surface area contributed by atoms with Gasteiger partial charge < -0.3 is 5.21 Å². The van der Waals surface area contributed by atoms with E-state index in [2.05, 4.69) is 5.16 Å². The van der Waals surface area contributed by atoms with Gasteiger partial charge in [-0.25, -0.2) is 0 Å². The van der Waals surface area contributed by atoms with Gasteiger partial charge in [-0.05, 0) is 6.07 Å². The summed E-state index contributed by atoms with van der Waals surface area (Å²) in [5.41, 5.74) is 0. The quantitative estimate of drug-likeness (QED) is 0.379. The number of fused-ring (bicyclic) bond motifs is 1. The zero-order valence-corrected chi connectivity index (χ0v) is 7.15. The van der Waals surface area contributed by atoms with Gasteiger partial charge in [0.25, 0.3) is 0 Å². The van der Waals surface area contributed by atoms with Crippen LogP contribution in [0.2, 0.25) is 0 Å². The highest BCUT2D eigenvalue weighted by Crippen LogP contribution is 2.18. The zero-order chi connectivity index (χ0) is 7.68. The van der Waals surface area contributed by atoms with Gasteiger partial charge in [0.2, 0.25) is 0 Å². The molecule has 2 rings (SSSR count). The molecule has 11 heavy (non-hydrogen) atoms. The Hall–Kier alpha value is -0.870. The summed E-state index contributed by atoms with van der Waals surface area (Å²) >= 11 is 0. The Labute approximate surface area is 70.4 Å². The summed E-state index contributed by atoms with van der Waals surface area (Å²) in [6.07, 6.45) is 0. The van der Waals surface area contributed by atoms with Crippen molar-refractivity contribution in [2.45, 2.75) is 0 Å². The fourth-order valence-electron chi connectivity index (χ4n) is 0.916. The first-order valence-corrected chi connectivity index (χ1v) is 5.23. The van der Waals surface area contributed by atoms with Gasteiger partial charge in [-0.2, -0.15) is 0 Å². The topological polar surface area (TPSA) is 32.6 Å². The van der Waals surface area contributed by atoms with E-state index in [0.29, 0.717) is 4.67 Å². The highest BCUT2D eigenvalue weighted by molar-refractivity contribution is 7.71. The molecule has 0 atom stereocenters. The number of benzene rings is 1. The minimum Gasteiger partial charge on any atom is -0.410 e. The molecule has 2 aromatic rings. The number of hydrogen-bond acceptors (Lipinski definition) is 4. The molecule has 4 heteroatoms. The average Bonchev–Trinajstić information content (AvgIpc) is 2.47. The van der Waals surface area contributed by atoms with Crippen LogP contribution < -0.4 is 4.67 Å². The summed E-state index contributed by atoms with van der Waals surface area (Å²) in [5, 5.41) is 12.8. The van der Waals surface area contributed by atoms with E-state index in [0.717, 1.165) is 5.39 Å². The van der Waals surface area contributed by atoms with Gasteiger partial charge >= 0.3 is 0 Å². The smallest absolute Gasteiger partial charge is 0.173 e. The molecule has 0 fully saturated rings. The normalized spacial score (nSPS) is 12.5. The van der Waals surface area contributed by atoms with Crippen molar-refractivity contribution in [2.75, 3.05) is 0 Å². The van der Waals surface area contributed by atoms with Gasteiger partial charge in [-0.3, -0.25) is 0 Å². The average molecular weight is 183 g/mol. The second kappa shape index (κ2) is 2.64. The highest BCUT2D eigenvalue weighted by atomic mass is 32.9. The molecule has 0 radical (unpaired) electrons. The Morgan fingerprint density at radius 3 is 2.82 bits per heavy atom. The fraction of sp³-hybridized carbons (Fsp3) is 0. The van der Waals surface area contributed by atoms with Crippen LogP contribution in [-0.2, 0) is 0 Å². The molecule has 1 aromatic carbocycles. The van der Waals surface area contributed by atoms with Gasteiger partial charge in [0.15, 0.2) is 4.67 Å². The molecule has 0 aliphatic rings. The monoisotopic (exact) mass is 183 g/mol. The van der Waals surface area contributed by atoms with E-state index in [1.54, 1.807) is 10.3 Å². The zero-order valence-electron chi connectivity index (χ0n) is 5.52. The molecule has 0 aliphatic carbocycles. The Morgan fingerprint density at radius 2 is 2.00 bits per heavy atom. The van der Waals surface area contributed by atoms with Crippen molar-refractivity contribution < 1.29 is 5.21 Å². The molecule has 0 saturated carbocycles. The predicted octanol–water partition coefficient (Wildman–Crippen LogP) is 2.25. The van der Waals surface area contributed by atoms with Crippen LogP contribution >= 0.6 is 20.7 Å². The predicted molar refractivity (Wildman–Crippen MR) is 47.1 cm³/mol. The van der Waals surface area contributed by atoms with Crippen LogP contribution in [-0.4, -0.2) is 5.21 Å². The molecule has 1 N–H and O–H groups in total. The van der Waals surface area contributed by atoms with Crippen molar-refractivity contribution in [3.05, 3.63) is 28.9 Å². The fourth-order valence-corrected chi connectivity index (χ4v) is 3.15. The van der Waals surface area contributed by atoms with Crippen molar-refractivity contribution in [1.29, 1.82) is 0 Å². The van der Waals surface area contributed by atoms with Crippen molar-refractivity contribution in [1.82, 2.24) is 0 Å². The van der Waals surface area contributed by atoms with Crippen molar-refractivity contribution >= 4 is 30.8 Å². The summed E-state index contributed by atoms with van der Waals surface area (Å²) < 4.78 is 1.87. The SMILES string of the molecule is ON=c1ssc2ccccc12. The standard InChI is InChI=1S/C7H5NOS2/c9-8-7-5-3-1-2-4-6(5)10-11-7/h1-4,9H. The lowest BCUT2D eigenvalue weighted by molar-refractivity contribution is 0.305. The Morgan fingerprint density at radius 1 is 1.18 bits per heavy atom. The number of nitrogens with zero attached hydrogens (tertiary/aromatic N) is 1. The Bertz CT molecular complexity index is 429. The van der Waals surface area contributed by atoms with Crippen molar-refractivity contribution in [2.24, 2.45) is 5.16 Å². The summed E-state index contributed by atoms with van der Waals surface area (Å²) in [6, 6.07) is 7.89. The van der Waals surface area contributed by atoms with Crippen LogP contribution in [0.3, 0.4) is 0 Å². The second-order valence-corrected chi connectivity index (χ2v) is 4.23. The summed E-state index contributed by atoms with van der Waals surface area (Å²) in [6.45, 7) is 0. The lowest BCUT2D eigenvalue weighted by Crippen LogP contribution is -1.90. The third-order valence-corrected chi connectivity index (χ3v) is 3.76. The maximum Gasteiger partial charge on any atom is 0.173 e. The van der Waals surface area contributed by atoms with Gasteiger partial charge in [0.05, 0.1) is 0 Å². The number of hydrogen-bond donors (Lipinski definition) is 1. The molecule has 0 bridgehead atoms. The summed E-state index contributed by atoms with van der Waals surface area (Å²) in [5.74, 6) is 0. The van der Waals surface area contributed by atoms with E-state index in [-0.39, 0.29) is 0 Å². The van der Waals surface area contributed by atoms with Crippen LogP contribution in [0.15, 0.2) is 29.4 Å². The van der Waals surface area contributed by atoms with E-state index in [1.807, 2.05) is 24.3 Å². The minimum absolute atomic E-state index is 0.700. The molecule has 0 spiro atoms. The Balaban J connectivity index is 2.98. The lowest BCUT2D eigenvalue weighted by Gasteiger charge is -1.82. The van der Waals surface area contributed by atoms with Gasteiger partial charge in [-0.15, -0.1) is 0 Å². The Kier molecular flexibility index (Phi) is 1.63. The van der Waals surface area contributed by atoms with E-state index >= 15 is 0 Å². The van der Waals surface area contributed by atoms with Gasteiger partial charge in [-0.1, -0.05) is 44.0 Å². The van der Waals surface area contributed by atoms with Gasteiger partial charge in [0, 0.05) is 10.1 Å². The first-order chi connectivity index (χ1) is 5.42. The van der Waals surface area contributed by atoms with Crippen LogP contribution in [0.5, 0.6) is 0 Å². The van der Waals surface area contributed by atoms with E-state index in [9.17, 15) is 0 Å². The van der Waals surface area contributed by atoms with Gasteiger partial charge in [0.1, 0.15) is 0 Å². The van der Waals surface area contributed by atoms with E-state index in [4.69, 9.17) is 5.21 Å². The molecule has 1 aromatic heterocycles. The lowest BCUT2D eigenvalue weighted by atomic mass is 10.3. The molecule has 1 heterocycles. The molecule has 0 saturated heterocycles. The summed E-state index contributed by atoms with van der Waals surface area (Å²) in [7, 11) is 3.11. The molecular weight excluding hydrogens is 178 g/mol. The van der Waals surface area contributed by atoms with Crippen LogP contribution in [0.25, 0.3) is 10.1 Å². The van der Waals surface area contributed by atoms with E-state index < -0.39 is 0 Å².